The summed E-state index contributed by atoms with van der Waals surface area (Å²) in [4.78, 5) is 20.0. The second-order valence-corrected chi connectivity index (χ2v) is 6.46. The Bertz CT molecular complexity index is 893. The maximum Gasteiger partial charge on any atom is 0.343 e. The first-order valence-corrected chi connectivity index (χ1v) is 8.54. The highest BCUT2D eigenvalue weighted by Crippen LogP contribution is 2.36. The SMILES string of the molecule is O=[N+]([O-])c1c(NCc2ccccc2Cl)ncnc1Sc1ccccc1. The van der Waals surface area contributed by atoms with E-state index in [2.05, 4.69) is 15.3 Å². The molecule has 0 spiro atoms. The molecule has 1 aromatic heterocycles. The number of nitro groups is 1. The summed E-state index contributed by atoms with van der Waals surface area (Å²) in [5, 5.41) is 15.4. The average Bonchev–Trinajstić information content (AvgIpc) is 2.62. The minimum atomic E-state index is -0.472. The zero-order chi connectivity index (χ0) is 17.6. The Balaban J connectivity index is 1.87. The van der Waals surface area contributed by atoms with Crippen molar-refractivity contribution in [2.45, 2.75) is 16.5 Å². The Labute approximate surface area is 153 Å². The molecule has 2 aromatic carbocycles. The number of nitrogens with zero attached hydrogens (tertiary/aromatic N) is 3. The number of hydrogen-bond acceptors (Lipinski definition) is 6. The van der Waals surface area contributed by atoms with Crippen molar-refractivity contribution >= 4 is 34.9 Å². The first-order chi connectivity index (χ1) is 12.1. The molecule has 0 aliphatic carbocycles. The van der Waals surface area contributed by atoms with Gasteiger partial charge in [0.25, 0.3) is 0 Å². The lowest BCUT2D eigenvalue weighted by Gasteiger charge is -2.09. The van der Waals surface area contributed by atoms with E-state index in [1.807, 2.05) is 48.5 Å². The van der Waals surface area contributed by atoms with Crippen LogP contribution in [0.3, 0.4) is 0 Å². The van der Waals surface area contributed by atoms with Crippen LogP contribution in [0.25, 0.3) is 0 Å². The van der Waals surface area contributed by atoms with Gasteiger partial charge in [-0.05, 0) is 23.8 Å². The smallest absolute Gasteiger partial charge is 0.343 e. The Morgan fingerprint density at radius 1 is 1.08 bits per heavy atom. The van der Waals surface area contributed by atoms with Crippen molar-refractivity contribution in [1.29, 1.82) is 0 Å². The van der Waals surface area contributed by atoms with Crippen LogP contribution in [0.15, 0.2) is 70.8 Å². The van der Waals surface area contributed by atoms with Crippen molar-refractivity contribution in [2.75, 3.05) is 5.32 Å². The molecule has 0 aliphatic rings. The molecule has 0 radical (unpaired) electrons. The van der Waals surface area contributed by atoms with Crippen molar-refractivity contribution < 1.29 is 4.92 Å². The number of anilines is 1. The van der Waals surface area contributed by atoms with Gasteiger partial charge in [0, 0.05) is 16.5 Å². The van der Waals surface area contributed by atoms with Crippen LogP contribution in [-0.2, 0) is 6.54 Å². The molecule has 1 heterocycles. The lowest BCUT2D eigenvalue weighted by molar-refractivity contribution is -0.387. The molecule has 0 bridgehead atoms. The molecule has 0 aliphatic heterocycles. The highest BCUT2D eigenvalue weighted by atomic mass is 35.5. The fourth-order valence-corrected chi connectivity index (χ4v) is 3.24. The van der Waals surface area contributed by atoms with E-state index in [0.29, 0.717) is 11.6 Å². The maximum absolute atomic E-state index is 11.6. The van der Waals surface area contributed by atoms with Crippen LogP contribution in [0.4, 0.5) is 11.5 Å². The van der Waals surface area contributed by atoms with Gasteiger partial charge in [-0.2, -0.15) is 0 Å². The Hall–Kier alpha value is -2.64. The number of benzene rings is 2. The molecule has 0 saturated heterocycles. The third-order valence-corrected chi connectivity index (χ3v) is 4.70. The number of hydrogen-bond donors (Lipinski definition) is 1. The molecular formula is C17H13ClN4O2S. The van der Waals surface area contributed by atoms with E-state index in [4.69, 9.17) is 11.6 Å². The van der Waals surface area contributed by atoms with Gasteiger partial charge in [-0.15, -0.1) is 0 Å². The lowest BCUT2D eigenvalue weighted by Crippen LogP contribution is -2.07. The maximum atomic E-state index is 11.6. The van der Waals surface area contributed by atoms with E-state index in [1.54, 1.807) is 6.07 Å². The molecule has 1 N–H and O–H groups in total. The minimum absolute atomic E-state index is 0.150. The number of rotatable bonds is 6. The average molecular weight is 373 g/mol. The van der Waals surface area contributed by atoms with Crippen LogP contribution in [0.2, 0.25) is 5.02 Å². The molecule has 3 aromatic rings. The minimum Gasteiger partial charge on any atom is -0.360 e. The van der Waals surface area contributed by atoms with Gasteiger partial charge in [-0.1, -0.05) is 59.8 Å². The van der Waals surface area contributed by atoms with Gasteiger partial charge in [0.15, 0.2) is 5.03 Å². The quantitative estimate of drug-likeness (QED) is 0.380. The van der Waals surface area contributed by atoms with Crippen LogP contribution >= 0.6 is 23.4 Å². The summed E-state index contributed by atoms with van der Waals surface area (Å²) >= 11 is 7.34. The summed E-state index contributed by atoms with van der Waals surface area (Å²) < 4.78 is 0. The van der Waals surface area contributed by atoms with Crippen LogP contribution in [-0.4, -0.2) is 14.9 Å². The van der Waals surface area contributed by atoms with E-state index < -0.39 is 4.92 Å². The second kappa shape index (κ2) is 7.96. The lowest BCUT2D eigenvalue weighted by atomic mass is 10.2. The molecule has 3 rings (SSSR count). The molecule has 8 heteroatoms. The standard InChI is InChI=1S/C17H13ClN4O2S/c18-14-9-5-4-6-12(14)10-19-16-15(22(23)24)17(21-11-20-16)25-13-7-2-1-3-8-13/h1-9,11H,10H2,(H,19,20,21). The Morgan fingerprint density at radius 3 is 2.52 bits per heavy atom. The van der Waals surface area contributed by atoms with Gasteiger partial charge in [-0.3, -0.25) is 10.1 Å². The van der Waals surface area contributed by atoms with Gasteiger partial charge in [0.1, 0.15) is 6.33 Å². The molecule has 0 fully saturated rings. The van der Waals surface area contributed by atoms with E-state index in [-0.39, 0.29) is 16.5 Å². The highest BCUT2D eigenvalue weighted by molar-refractivity contribution is 7.99. The Morgan fingerprint density at radius 2 is 1.80 bits per heavy atom. The van der Waals surface area contributed by atoms with Crippen molar-refractivity contribution in [3.05, 3.63) is 81.6 Å². The molecule has 0 amide bonds. The number of aromatic nitrogens is 2. The van der Waals surface area contributed by atoms with Crippen molar-refractivity contribution in [1.82, 2.24) is 9.97 Å². The summed E-state index contributed by atoms with van der Waals surface area (Å²) in [5.41, 5.74) is 0.678. The number of nitrogens with one attached hydrogen (secondary N) is 1. The molecule has 0 atom stereocenters. The summed E-state index contributed by atoms with van der Waals surface area (Å²) in [6.07, 6.45) is 1.31. The van der Waals surface area contributed by atoms with Crippen molar-refractivity contribution in [3.8, 4) is 0 Å². The fourth-order valence-electron chi connectivity index (χ4n) is 2.15. The zero-order valence-corrected chi connectivity index (χ0v) is 14.5. The molecule has 0 saturated carbocycles. The monoisotopic (exact) mass is 372 g/mol. The largest absolute Gasteiger partial charge is 0.360 e. The topological polar surface area (TPSA) is 81.0 Å². The van der Waals surface area contributed by atoms with E-state index in [9.17, 15) is 10.1 Å². The molecule has 126 valence electrons. The predicted molar refractivity (Wildman–Crippen MR) is 98.0 cm³/mol. The van der Waals surface area contributed by atoms with Crippen molar-refractivity contribution in [2.24, 2.45) is 0 Å². The van der Waals surface area contributed by atoms with Crippen molar-refractivity contribution in [3.63, 3.8) is 0 Å². The van der Waals surface area contributed by atoms with Gasteiger partial charge in [-0.25, -0.2) is 9.97 Å². The molecular weight excluding hydrogens is 360 g/mol. The van der Waals surface area contributed by atoms with Crippen LogP contribution < -0.4 is 5.32 Å². The first-order valence-electron chi connectivity index (χ1n) is 7.34. The van der Waals surface area contributed by atoms with E-state index >= 15 is 0 Å². The molecule has 25 heavy (non-hydrogen) atoms. The summed E-state index contributed by atoms with van der Waals surface area (Å²) in [5.74, 6) is 0.165. The third-order valence-electron chi connectivity index (χ3n) is 3.33. The van der Waals surface area contributed by atoms with Gasteiger partial charge < -0.3 is 5.32 Å². The third kappa shape index (κ3) is 4.26. The first kappa shape index (κ1) is 17.2. The van der Waals surface area contributed by atoms with Crippen LogP contribution in [0.1, 0.15) is 5.56 Å². The van der Waals surface area contributed by atoms with Crippen LogP contribution in [0, 0.1) is 10.1 Å². The predicted octanol–water partition coefficient (Wildman–Crippen LogP) is 4.80. The normalized spacial score (nSPS) is 10.4. The van der Waals surface area contributed by atoms with Gasteiger partial charge >= 0.3 is 5.69 Å². The number of halogens is 1. The summed E-state index contributed by atoms with van der Waals surface area (Å²) in [6, 6.07) is 16.7. The highest BCUT2D eigenvalue weighted by Gasteiger charge is 2.23. The Kier molecular flexibility index (Phi) is 5.47. The zero-order valence-electron chi connectivity index (χ0n) is 12.9. The van der Waals surface area contributed by atoms with E-state index in [0.717, 1.165) is 10.5 Å². The molecule has 0 unspecified atom stereocenters. The van der Waals surface area contributed by atoms with Gasteiger partial charge in [0.05, 0.1) is 4.92 Å². The molecule has 6 nitrogen and oxygen atoms in total. The summed E-state index contributed by atoms with van der Waals surface area (Å²) in [6.45, 7) is 0.326. The van der Waals surface area contributed by atoms with E-state index in [1.165, 1.54) is 18.1 Å². The van der Waals surface area contributed by atoms with Crippen LogP contribution in [0.5, 0.6) is 0 Å². The second-order valence-electron chi connectivity index (χ2n) is 4.99. The fraction of sp³-hybridized carbons (Fsp3) is 0.0588. The summed E-state index contributed by atoms with van der Waals surface area (Å²) in [7, 11) is 0. The van der Waals surface area contributed by atoms with Gasteiger partial charge in [0.2, 0.25) is 5.82 Å².